The molecule has 2 bridgehead atoms. The SMILES string of the molecule is CC(=O)c1ccccc1OC(=O)CCN1C(=O)[C@@H]2[C@H]3C=C[C@H]([C@H]4C[C@H]34)[C@@H]2C1=O. The highest BCUT2D eigenvalue weighted by atomic mass is 16.5. The van der Waals surface area contributed by atoms with Crippen LogP contribution in [-0.4, -0.2) is 35.0 Å². The molecule has 0 aromatic heterocycles. The molecule has 0 radical (unpaired) electrons. The number of allylic oxidation sites excluding steroid dienone is 2. The van der Waals surface area contributed by atoms with Crippen LogP contribution in [-0.2, 0) is 14.4 Å². The number of ether oxygens (including phenoxy) is 1. The van der Waals surface area contributed by atoms with Crippen molar-refractivity contribution in [3.63, 3.8) is 0 Å². The number of carbonyl (C=O) groups excluding carboxylic acids is 4. The Labute approximate surface area is 162 Å². The summed E-state index contributed by atoms with van der Waals surface area (Å²) in [6, 6.07) is 6.54. The van der Waals surface area contributed by atoms with Crippen LogP contribution in [0.3, 0.4) is 0 Å². The second-order valence-corrected chi connectivity index (χ2v) is 8.26. The highest BCUT2D eigenvalue weighted by Crippen LogP contribution is 2.65. The maximum atomic E-state index is 12.9. The number of likely N-dealkylation sites (tertiary alicyclic amines) is 1. The van der Waals surface area contributed by atoms with Crippen LogP contribution in [0.5, 0.6) is 5.75 Å². The molecular formula is C22H21NO5. The van der Waals surface area contributed by atoms with Crippen molar-refractivity contribution in [1.82, 2.24) is 4.90 Å². The van der Waals surface area contributed by atoms with Gasteiger partial charge in [0.15, 0.2) is 5.78 Å². The number of amides is 2. The van der Waals surface area contributed by atoms with Crippen molar-refractivity contribution in [3.8, 4) is 5.75 Å². The first-order valence-electron chi connectivity index (χ1n) is 9.81. The Morgan fingerprint density at radius 3 is 2.25 bits per heavy atom. The van der Waals surface area contributed by atoms with E-state index in [0.29, 0.717) is 17.4 Å². The zero-order chi connectivity index (χ0) is 19.6. The van der Waals surface area contributed by atoms with Gasteiger partial charge in [-0.15, -0.1) is 0 Å². The monoisotopic (exact) mass is 379 g/mol. The third-order valence-corrected chi connectivity index (χ3v) is 6.78. The number of imide groups is 1. The van der Waals surface area contributed by atoms with Gasteiger partial charge in [-0.2, -0.15) is 0 Å². The number of Topliss-reactive ketones (excluding diaryl/α,β-unsaturated/α-hetero) is 1. The fourth-order valence-electron chi connectivity index (χ4n) is 5.46. The van der Waals surface area contributed by atoms with Crippen LogP contribution in [0.15, 0.2) is 36.4 Å². The quantitative estimate of drug-likeness (QED) is 0.258. The summed E-state index contributed by atoms with van der Waals surface area (Å²) < 4.78 is 5.31. The van der Waals surface area contributed by atoms with E-state index in [-0.39, 0.29) is 60.0 Å². The summed E-state index contributed by atoms with van der Waals surface area (Å²) in [6.07, 6.45) is 5.29. The second kappa shape index (κ2) is 6.12. The van der Waals surface area contributed by atoms with E-state index in [4.69, 9.17) is 4.74 Å². The molecule has 5 aliphatic rings. The Morgan fingerprint density at radius 1 is 1.04 bits per heavy atom. The summed E-state index contributed by atoms with van der Waals surface area (Å²) in [5.41, 5.74) is 0.331. The van der Waals surface area contributed by atoms with Gasteiger partial charge in [-0.05, 0) is 49.1 Å². The highest BCUT2D eigenvalue weighted by Gasteiger charge is 2.66. The second-order valence-electron chi connectivity index (χ2n) is 8.26. The molecule has 6 heteroatoms. The molecule has 6 nitrogen and oxygen atoms in total. The van der Waals surface area contributed by atoms with Crippen molar-refractivity contribution in [1.29, 1.82) is 0 Å². The minimum Gasteiger partial charge on any atom is -0.426 e. The lowest BCUT2D eigenvalue weighted by molar-refractivity contribution is -0.141. The van der Waals surface area contributed by atoms with E-state index in [9.17, 15) is 19.2 Å². The lowest BCUT2D eigenvalue weighted by atomic mass is 9.63. The minimum absolute atomic E-state index is 0.0283. The summed E-state index contributed by atoms with van der Waals surface area (Å²) in [5, 5.41) is 0. The van der Waals surface area contributed by atoms with Gasteiger partial charge in [0.05, 0.1) is 23.8 Å². The number of hydrogen-bond donors (Lipinski definition) is 0. The van der Waals surface area contributed by atoms with E-state index in [1.807, 2.05) is 0 Å². The number of hydrogen-bond acceptors (Lipinski definition) is 5. The maximum Gasteiger partial charge on any atom is 0.313 e. The topological polar surface area (TPSA) is 80.8 Å². The predicted molar refractivity (Wildman–Crippen MR) is 98.1 cm³/mol. The van der Waals surface area contributed by atoms with E-state index in [1.165, 1.54) is 11.8 Å². The lowest BCUT2D eigenvalue weighted by Gasteiger charge is -2.37. The van der Waals surface area contributed by atoms with Gasteiger partial charge in [-0.3, -0.25) is 24.1 Å². The van der Waals surface area contributed by atoms with Crippen molar-refractivity contribution < 1.29 is 23.9 Å². The number of esters is 1. The first-order valence-corrected chi connectivity index (χ1v) is 9.81. The smallest absolute Gasteiger partial charge is 0.313 e. The van der Waals surface area contributed by atoms with E-state index in [2.05, 4.69) is 12.2 Å². The van der Waals surface area contributed by atoms with Crippen LogP contribution in [0.25, 0.3) is 0 Å². The molecule has 2 saturated carbocycles. The Balaban J connectivity index is 1.26. The molecule has 3 fully saturated rings. The molecule has 1 saturated heterocycles. The molecule has 2 amide bonds. The fourth-order valence-corrected chi connectivity index (χ4v) is 5.46. The van der Waals surface area contributed by atoms with Crippen molar-refractivity contribution in [3.05, 3.63) is 42.0 Å². The average molecular weight is 379 g/mol. The zero-order valence-electron chi connectivity index (χ0n) is 15.5. The van der Waals surface area contributed by atoms with Crippen molar-refractivity contribution in [2.45, 2.75) is 19.8 Å². The fraction of sp³-hybridized carbons (Fsp3) is 0.455. The molecule has 1 aromatic carbocycles. The highest BCUT2D eigenvalue weighted by molar-refractivity contribution is 6.06. The number of rotatable bonds is 5. The van der Waals surface area contributed by atoms with Gasteiger partial charge in [0, 0.05) is 6.54 Å². The van der Waals surface area contributed by atoms with E-state index in [0.717, 1.165) is 6.42 Å². The van der Waals surface area contributed by atoms with Crippen molar-refractivity contribution in [2.75, 3.05) is 6.54 Å². The first kappa shape index (κ1) is 17.3. The molecule has 28 heavy (non-hydrogen) atoms. The number of para-hydroxylation sites is 1. The Hall–Kier alpha value is -2.76. The number of nitrogens with zero attached hydrogens (tertiary/aromatic N) is 1. The average Bonchev–Trinajstić information content (AvgIpc) is 3.46. The summed E-state index contributed by atoms with van der Waals surface area (Å²) in [5.74, 6) is 0.130. The Bertz CT molecular complexity index is 899. The molecule has 1 aliphatic heterocycles. The predicted octanol–water partition coefficient (Wildman–Crippen LogP) is 2.24. The number of ketones is 1. The summed E-state index contributed by atoms with van der Waals surface area (Å²) in [6.45, 7) is 1.43. The molecule has 4 aliphatic carbocycles. The first-order chi connectivity index (χ1) is 13.5. The molecule has 1 aromatic rings. The van der Waals surface area contributed by atoms with E-state index >= 15 is 0 Å². The number of carbonyl (C=O) groups is 4. The third-order valence-electron chi connectivity index (χ3n) is 6.78. The largest absolute Gasteiger partial charge is 0.426 e. The zero-order valence-corrected chi connectivity index (χ0v) is 15.5. The van der Waals surface area contributed by atoms with Gasteiger partial charge >= 0.3 is 5.97 Å². The molecule has 0 spiro atoms. The van der Waals surface area contributed by atoms with Gasteiger partial charge in [-0.25, -0.2) is 0 Å². The van der Waals surface area contributed by atoms with Crippen LogP contribution in [0.1, 0.15) is 30.1 Å². The number of benzene rings is 1. The van der Waals surface area contributed by atoms with Gasteiger partial charge < -0.3 is 4.74 Å². The van der Waals surface area contributed by atoms with E-state index in [1.54, 1.807) is 24.3 Å². The molecule has 6 atom stereocenters. The molecule has 0 unspecified atom stereocenters. The summed E-state index contributed by atoms with van der Waals surface area (Å²) in [7, 11) is 0. The molecule has 1 heterocycles. The van der Waals surface area contributed by atoms with E-state index < -0.39 is 5.97 Å². The van der Waals surface area contributed by atoms with Gasteiger partial charge in [-0.1, -0.05) is 24.3 Å². The van der Waals surface area contributed by atoms with Crippen molar-refractivity contribution >= 4 is 23.6 Å². The summed E-state index contributed by atoms with van der Waals surface area (Å²) >= 11 is 0. The van der Waals surface area contributed by atoms with Crippen LogP contribution in [0.2, 0.25) is 0 Å². The Morgan fingerprint density at radius 2 is 1.64 bits per heavy atom. The maximum absolute atomic E-state index is 12.9. The van der Waals surface area contributed by atoms with Crippen LogP contribution in [0, 0.1) is 35.5 Å². The third kappa shape index (κ3) is 2.47. The lowest BCUT2D eigenvalue weighted by Crippen LogP contribution is -2.40. The van der Waals surface area contributed by atoms with Gasteiger partial charge in [0.1, 0.15) is 5.75 Å². The van der Waals surface area contributed by atoms with Crippen LogP contribution in [0.4, 0.5) is 0 Å². The Kier molecular flexibility index (Phi) is 3.79. The van der Waals surface area contributed by atoms with Crippen molar-refractivity contribution in [2.24, 2.45) is 35.5 Å². The molecular weight excluding hydrogens is 358 g/mol. The van der Waals surface area contributed by atoms with Crippen LogP contribution < -0.4 is 4.74 Å². The normalized spacial score (nSPS) is 34.2. The minimum atomic E-state index is -0.562. The molecule has 6 rings (SSSR count). The molecule has 0 N–H and O–H groups in total. The van der Waals surface area contributed by atoms with Gasteiger partial charge in [0.2, 0.25) is 11.8 Å². The standard InChI is InChI=1S/C22H21NO5/c1-11(24)12-4-2-3-5-17(12)28-18(25)8-9-23-21(26)19-13-6-7-14(16-10-15(13)16)20(19)22(23)27/h2-7,13-16,19-20H,8-10H2,1H3/t13-,14+,15-,16-,19+,20-/m1/s1. The molecule has 144 valence electrons. The summed E-state index contributed by atoms with van der Waals surface area (Å²) in [4.78, 5) is 51.0. The van der Waals surface area contributed by atoms with Gasteiger partial charge in [0.25, 0.3) is 0 Å². The van der Waals surface area contributed by atoms with Crippen LogP contribution >= 0.6 is 0 Å².